The number of carboxylic acids is 1. The Labute approximate surface area is 108 Å². The molecule has 0 saturated carbocycles. The molecule has 6 nitrogen and oxygen atoms in total. The van der Waals surface area contributed by atoms with Crippen LogP contribution < -0.4 is 5.32 Å². The summed E-state index contributed by atoms with van der Waals surface area (Å²) in [6, 6.07) is 6.50. The molecule has 1 heterocycles. The third-order valence-electron chi connectivity index (χ3n) is 2.43. The number of aromatic amines is 1. The van der Waals surface area contributed by atoms with Gasteiger partial charge in [0, 0.05) is 16.6 Å². The van der Waals surface area contributed by atoms with Crippen LogP contribution in [0.1, 0.15) is 10.5 Å². The van der Waals surface area contributed by atoms with Crippen molar-refractivity contribution >= 4 is 28.7 Å². The first kappa shape index (κ1) is 12.7. The number of amides is 1. The van der Waals surface area contributed by atoms with E-state index in [9.17, 15) is 9.59 Å². The molecule has 98 valence electrons. The molecule has 6 heteroatoms. The van der Waals surface area contributed by atoms with Crippen LogP contribution in [0.3, 0.4) is 0 Å². The fourth-order valence-electron chi connectivity index (χ4n) is 1.61. The zero-order valence-electron chi connectivity index (χ0n) is 9.97. The van der Waals surface area contributed by atoms with Crippen LogP contribution in [0.15, 0.2) is 36.9 Å². The Hall–Kier alpha value is -2.76. The summed E-state index contributed by atoms with van der Waals surface area (Å²) in [4.78, 5) is 24.9. The molecule has 19 heavy (non-hydrogen) atoms. The summed E-state index contributed by atoms with van der Waals surface area (Å²) in [6.07, 6.45) is 0.877. The van der Waals surface area contributed by atoms with Gasteiger partial charge in [0.15, 0.2) is 0 Å². The second-order valence-corrected chi connectivity index (χ2v) is 3.80. The third-order valence-corrected chi connectivity index (χ3v) is 2.43. The number of aromatic nitrogens is 1. The highest BCUT2D eigenvalue weighted by atomic mass is 16.5. The summed E-state index contributed by atoms with van der Waals surface area (Å²) in [5.74, 6) is -1.03. The van der Waals surface area contributed by atoms with Gasteiger partial charge in [0.1, 0.15) is 12.3 Å². The minimum atomic E-state index is -1.03. The number of anilines is 1. The SMILES string of the molecule is C=CCOC(=O)Nc1ccc2[nH]c(C(=O)O)cc2c1. The van der Waals surface area contributed by atoms with Crippen molar-refractivity contribution in [3.05, 3.63) is 42.6 Å². The molecule has 0 aliphatic heterocycles. The molecule has 0 aliphatic rings. The maximum Gasteiger partial charge on any atom is 0.411 e. The molecular formula is C13H12N2O4. The Morgan fingerprint density at radius 2 is 2.21 bits per heavy atom. The van der Waals surface area contributed by atoms with E-state index in [1.807, 2.05) is 0 Å². The van der Waals surface area contributed by atoms with E-state index in [0.29, 0.717) is 16.6 Å². The van der Waals surface area contributed by atoms with Gasteiger partial charge >= 0.3 is 12.1 Å². The van der Waals surface area contributed by atoms with Crippen LogP contribution in [0.4, 0.5) is 10.5 Å². The highest BCUT2D eigenvalue weighted by Crippen LogP contribution is 2.20. The third kappa shape index (κ3) is 2.92. The van der Waals surface area contributed by atoms with Gasteiger partial charge in [0.25, 0.3) is 0 Å². The standard InChI is InChI=1S/C13H12N2O4/c1-2-5-19-13(18)14-9-3-4-10-8(6-9)7-11(15-10)12(16)17/h2-4,6-7,15H,1,5H2,(H,14,18)(H,16,17). The summed E-state index contributed by atoms with van der Waals surface area (Å²) in [5, 5.41) is 12.1. The van der Waals surface area contributed by atoms with E-state index in [2.05, 4.69) is 16.9 Å². The number of aromatic carboxylic acids is 1. The summed E-state index contributed by atoms with van der Waals surface area (Å²) in [5.41, 5.74) is 1.31. The summed E-state index contributed by atoms with van der Waals surface area (Å²) in [6.45, 7) is 3.56. The second kappa shape index (κ2) is 5.26. The molecular weight excluding hydrogens is 248 g/mol. The molecule has 1 aromatic heterocycles. The first-order valence-electron chi connectivity index (χ1n) is 5.51. The average molecular weight is 260 g/mol. The number of fused-ring (bicyclic) bond motifs is 1. The van der Waals surface area contributed by atoms with Gasteiger partial charge in [-0.1, -0.05) is 12.7 Å². The van der Waals surface area contributed by atoms with E-state index in [1.165, 1.54) is 12.1 Å². The van der Waals surface area contributed by atoms with Gasteiger partial charge in [0.05, 0.1) is 0 Å². The molecule has 1 aromatic carbocycles. The molecule has 0 saturated heterocycles. The maximum absolute atomic E-state index is 11.3. The van der Waals surface area contributed by atoms with E-state index >= 15 is 0 Å². The number of carbonyl (C=O) groups excluding carboxylic acids is 1. The smallest absolute Gasteiger partial charge is 0.411 e. The van der Waals surface area contributed by atoms with Crippen LogP contribution in [0.2, 0.25) is 0 Å². The number of carbonyl (C=O) groups is 2. The van der Waals surface area contributed by atoms with Crippen LogP contribution in [0, 0.1) is 0 Å². The number of nitrogens with one attached hydrogen (secondary N) is 2. The van der Waals surface area contributed by atoms with Crippen LogP contribution >= 0.6 is 0 Å². The molecule has 0 atom stereocenters. The lowest BCUT2D eigenvalue weighted by Gasteiger charge is -2.04. The van der Waals surface area contributed by atoms with Crippen molar-refractivity contribution in [2.45, 2.75) is 0 Å². The molecule has 0 unspecified atom stereocenters. The fraction of sp³-hybridized carbons (Fsp3) is 0.0769. The Balaban J connectivity index is 2.19. The first-order valence-corrected chi connectivity index (χ1v) is 5.51. The number of benzene rings is 1. The lowest BCUT2D eigenvalue weighted by atomic mass is 10.2. The van der Waals surface area contributed by atoms with E-state index in [0.717, 1.165) is 0 Å². The highest BCUT2D eigenvalue weighted by molar-refractivity contribution is 5.96. The van der Waals surface area contributed by atoms with Gasteiger partial charge in [-0.3, -0.25) is 5.32 Å². The summed E-state index contributed by atoms with van der Waals surface area (Å²) < 4.78 is 4.78. The zero-order chi connectivity index (χ0) is 13.8. The van der Waals surface area contributed by atoms with Gasteiger partial charge in [-0.15, -0.1) is 0 Å². The van der Waals surface area contributed by atoms with Gasteiger partial charge in [-0.25, -0.2) is 9.59 Å². The lowest BCUT2D eigenvalue weighted by molar-refractivity contribution is 0.0691. The van der Waals surface area contributed by atoms with Crippen LogP contribution in [0.25, 0.3) is 10.9 Å². The van der Waals surface area contributed by atoms with Gasteiger partial charge in [-0.2, -0.15) is 0 Å². The molecule has 0 radical (unpaired) electrons. The average Bonchev–Trinajstić information content (AvgIpc) is 2.79. The fourth-order valence-corrected chi connectivity index (χ4v) is 1.61. The first-order chi connectivity index (χ1) is 9.10. The zero-order valence-corrected chi connectivity index (χ0v) is 9.97. The molecule has 0 bridgehead atoms. The van der Waals surface area contributed by atoms with Crippen LogP contribution in [-0.2, 0) is 4.74 Å². The molecule has 0 aliphatic carbocycles. The largest absolute Gasteiger partial charge is 0.477 e. The van der Waals surface area contributed by atoms with E-state index in [4.69, 9.17) is 9.84 Å². The number of H-pyrrole nitrogens is 1. The lowest BCUT2D eigenvalue weighted by Crippen LogP contribution is -2.13. The highest BCUT2D eigenvalue weighted by Gasteiger charge is 2.08. The second-order valence-electron chi connectivity index (χ2n) is 3.80. The van der Waals surface area contributed by atoms with Crippen molar-refractivity contribution < 1.29 is 19.4 Å². The predicted octanol–water partition coefficient (Wildman–Crippen LogP) is 2.60. The summed E-state index contributed by atoms with van der Waals surface area (Å²) in [7, 11) is 0. The van der Waals surface area contributed by atoms with Crippen molar-refractivity contribution in [3.8, 4) is 0 Å². The molecule has 0 spiro atoms. The van der Waals surface area contributed by atoms with E-state index < -0.39 is 12.1 Å². The van der Waals surface area contributed by atoms with Crippen LogP contribution in [0.5, 0.6) is 0 Å². The molecule has 2 aromatic rings. The number of rotatable bonds is 4. The quantitative estimate of drug-likeness (QED) is 0.737. The minimum absolute atomic E-state index is 0.0985. The molecule has 3 N–H and O–H groups in total. The maximum atomic E-state index is 11.3. The van der Waals surface area contributed by atoms with Crippen LogP contribution in [-0.4, -0.2) is 28.8 Å². The minimum Gasteiger partial charge on any atom is -0.477 e. The Bertz CT molecular complexity index is 645. The Kier molecular flexibility index (Phi) is 3.51. The molecule has 2 rings (SSSR count). The Morgan fingerprint density at radius 3 is 2.89 bits per heavy atom. The van der Waals surface area contributed by atoms with Crippen molar-refractivity contribution in [2.24, 2.45) is 0 Å². The predicted molar refractivity (Wildman–Crippen MR) is 70.4 cm³/mol. The number of hydrogen-bond donors (Lipinski definition) is 3. The van der Waals surface area contributed by atoms with Gasteiger partial charge in [-0.05, 0) is 24.3 Å². The molecule has 1 amide bonds. The van der Waals surface area contributed by atoms with Crippen molar-refractivity contribution in [1.82, 2.24) is 4.98 Å². The van der Waals surface area contributed by atoms with Crippen molar-refractivity contribution in [2.75, 3.05) is 11.9 Å². The van der Waals surface area contributed by atoms with Crippen molar-refractivity contribution in [1.29, 1.82) is 0 Å². The monoisotopic (exact) mass is 260 g/mol. The van der Waals surface area contributed by atoms with E-state index in [-0.39, 0.29) is 12.3 Å². The number of carboxylic acid groups (broad SMARTS) is 1. The Morgan fingerprint density at radius 1 is 1.42 bits per heavy atom. The van der Waals surface area contributed by atoms with E-state index in [1.54, 1.807) is 18.2 Å². The van der Waals surface area contributed by atoms with Gasteiger partial charge < -0.3 is 14.8 Å². The number of hydrogen-bond acceptors (Lipinski definition) is 3. The summed E-state index contributed by atoms with van der Waals surface area (Å²) >= 11 is 0. The molecule has 0 fully saturated rings. The normalized spacial score (nSPS) is 10.1. The topological polar surface area (TPSA) is 91.4 Å². The van der Waals surface area contributed by atoms with Gasteiger partial charge in [0.2, 0.25) is 0 Å². The van der Waals surface area contributed by atoms with Crippen molar-refractivity contribution in [3.63, 3.8) is 0 Å². The number of ether oxygens (including phenoxy) is 1.